The van der Waals surface area contributed by atoms with Crippen LogP contribution in [0.4, 0.5) is 0 Å². The fraction of sp³-hybridized carbons (Fsp3) is 0.333. The highest BCUT2D eigenvalue weighted by Gasteiger charge is 2.30. The van der Waals surface area contributed by atoms with Crippen molar-refractivity contribution in [3.05, 3.63) is 63.6 Å². The summed E-state index contributed by atoms with van der Waals surface area (Å²) in [6, 6.07) is 11.1. The van der Waals surface area contributed by atoms with Crippen LogP contribution in [0.25, 0.3) is 10.8 Å². The Morgan fingerprint density at radius 1 is 1.11 bits per heavy atom. The minimum Gasteiger partial charge on any atom is -0.496 e. The van der Waals surface area contributed by atoms with Crippen LogP contribution in [0, 0.1) is 6.92 Å². The van der Waals surface area contributed by atoms with Crippen molar-refractivity contribution < 1.29 is 14.6 Å². The van der Waals surface area contributed by atoms with Gasteiger partial charge in [0.25, 0.3) is 5.56 Å². The molecule has 0 bridgehead atoms. The first-order valence-electron chi connectivity index (χ1n) is 9.14. The average molecular weight is 381 g/mol. The van der Waals surface area contributed by atoms with Crippen LogP contribution in [0.3, 0.4) is 0 Å². The summed E-state index contributed by atoms with van der Waals surface area (Å²) >= 11 is 0. The summed E-state index contributed by atoms with van der Waals surface area (Å²) < 4.78 is 12.4. The van der Waals surface area contributed by atoms with E-state index in [9.17, 15) is 9.90 Å². The van der Waals surface area contributed by atoms with E-state index < -0.39 is 6.10 Å². The molecule has 0 spiro atoms. The van der Waals surface area contributed by atoms with Gasteiger partial charge in [-0.25, -0.2) is 4.68 Å². The van der Waals surface area contributed by atoms with Crippen molar-refractivity contribution in [1.82, 2.24) is 14.7 Å². The normalized spacial score (nSPS) is 16.8. The second-order valence-electron chi connectivity index (χ2n) is 6.97. The van der Waals surface area contributed by atoms with Crippen LogP contribution in [-0.2, 0) is 13.2 Å². The molecule has 28 heavy (non-hydrogen) atoms. The maximum atomic E-state index is 12.9. The summed E-state index contributed by atoms with van der Waals surface area (Å²) in [5.41, 5.74) is 2.27. The fourth-order valence-electron chi connectivity index (χ4n) is 3.94. The van der Waals surface area contributed by atoms with Gasteiger partial charge >= 0.3 is 0 Å². The van der Waals surface area contributed by atoms with Gasteiger partial charge in [0.2, 0.25) is 0 Å². The molecule has 0 fully saturated rings. The highest BCUT2D eigenvalue weighted by molar-refractivity contribution is 5.83. The maximum Gasteiger partial charge on any atom is 0.275 e. The lowest BCUT2D eigenvalue weighted by atomic mass is 9.95. The molecule has 0 amide bonds. The summed E-state index contributed by atoms with van der Waals surface area (Å²) in [7, 11) is 3.19. The molecule has 1 aromatic heterocycles. The number of hydrogen-bond acceptors (Lipinski definition) is 6. The first-order valence-corrected chi connectivity index (χ1v) is 9.14. The molecule has 0 unspecified atom stereocenters. The minimum absolute atomic E-state index is 0.140. The number of aliphatic hydroxyl groups excluding tert-OH is 1. The second-order valence-corrected chi connectivity index (χ2v) is 6.97. The molecule has 1 aliphatic heterocycles. The maximum absolute atomic E-state index is 12.9. The highest BCUT2D eigenvalue weighted by atomic mass is 16.5. The van der Waals surface area contributed by atoms with Gasteiger partial charge in [-0.3, -0.25) is 9.69 Å². The second kappa shape index (κ2) is 7.26. The Labute approximate surface area is 162 Å². The molecule has 1 aliphatic rings. The molecule has 3 aromatic rings. The molecular formula is C21H23N3O4. The molecule has 7 heteroatoms. The molecule has 0 radical (unpaired) electrons. The van der Waals surface area contributed by atoms with E-state index in [0.717, 1.165) is 22.2 Å². The number of β-amino-alcohol motifs (C(OH)–C–C–N with tert-alkyl or cyclic N) is 1. The van der Waals surface area contributed by atoms with Crippen LogP contribution < -0.4 is 15.0 Å². The van der Waals surface area contributed by atoms with Gasteiger partial charge in [0.05, 0.1) is 38.1 Å². The Balaban J connectivity index is 1.71. The summed E-state index contributed by atoms with van der Waals surface area (Å²) in [5.74, 6) is 1.33. The van der Waals surface area contributed by atoms with Crippen LogP contribution in [0.5, 0.6) is 11.5 Å². The number of nitrogens with zero attached hydrogens (tertiary/aromatic N) is 3. The summed E-state index contributed by atoms with van der Waals surface area (Å²) in [6.45, 7) is 3.07. The zero-order valence-electron chi connectivity index (χ0n) is 16.2. The Morgan fingerprint density at radius 3 is 2.50 bits per heavy atom. The molecule has 1 atom stereocenters. The number of ether oxygens (including phenoxy) is 2. The van der Waals surface area contributed by atoms with Gasteiger partial charge in [-0.1, -0.05) is 18.2 Å². The monoisotopic (exact) mass is 381 g/mol. The summed E-state index contributed by atoms with van der Waals surface area (Å²) in [6.07, 6.45) is -0.744. The van der Waals surface area contributed by atoms with Crippen molar-refractivity contribution in [3.63, 3.8) is 0 Å². The van der Waals surface area contributed by atoms with E-state index in [1.54, 1.807) is 20.3 Å². The first-order chi connectivity index (χ1) is 13.5. The van der Waals surface area contributed by atoms with Gasteiger partial charge in [0.15, 0.2) is 0 Å². The van der Waals surface area contributed by atoms with Crippen LogP contribution in [0.15, 0.2) is 41.2 Å². The van der Waals surface area contributed by atoms with E-state index in [-0.39, 0.29) is 12.2 Å². The smallest absolute Gasteiger partial charge is 0.275 e. The molecule has 0 aliphatic carbocycles. The number of hydrogen-bond donors (Lipinski definition) is 1. The highest BCUT2D eigenvalue weighted by Crippen LogP contribution is 2.39. The number of aryl methyl sites for hydroxylation is 1. The van der Waals surface area contributed by atoms with E-state index >= 15 is 0 Å². The third-order valence-corrected chi connectivity index (χ3v) is 5.25. The number of methoxy groups -OCH3 is 2. The Kier molecular flexibility index (Phi) is 4.78. The predicted molar refractivity (Wildman–Crippen MR) is 106 cm³/mol. The quantitative estimate of drug-likeness (QED) is 0.747. The number of aromatic nitrogens is 2. The molecular weight excluding hydrogens is 358 g/mol. The van der Waals surface area contributed by atoms with Crippen molar-refractivity contribution in [3.8, 4) is 11.5 Å². The molecule has 146 valence electrons. The van der Waals surface area contributed by atoms with E-state index in [1.807, 2.05) is 42.2 Å². The lowest BCUT2D eigenvalue weighted by Crippen LogP contribution is -2.39. The Hall–Kier alpha value is -2.90. The van der Waals surface area contributed by atoms with Crippen molar-refractivity contribution in [2.75, 3.05) is 20.8 Å². The standard InChI is InChI=1S/C21H23N3O4/c1-13-14-6-4-5-7-15(14)21(26)24(22-13)12-23-10-16-18(27-2)8-9-19(28-3)20(16)17(25)11-23/h4-9,17,25H,10-12H2,1-3H3/t17-/m1/s1. The number of rotatable bonds is 4. The average Bonchev–Trinajstić information content (AvgIpc) is 2.71. The summed E-state index contributed by atoms with van der Waals surface area (Å²) in [4.78, 5) is 14.9. The molecule has 2 aromatic carbocycles. The predicted octanol–water partition coefficient (Wildman–Crippen LogP) is 2.23. The molecule has 4 rings (SSSR count). The van der Waals surface area contributed by atoms with E-state index in [0.29, 0.717) is 30.0 Å². The Bertz CT molecular complexity index is 1090. The SMILES string of the molecule is COc1ccc(OC)c2c1CN(Cn1nc(C)c3ccccc3c1=O)C[C@H]2O. The van der Waals surface area contributed by atoms with Gasteiger partial charge < -0.3 is 14.6 Å². The molecule has 1 N–H and O–H groups in total. The topological polar surface area (TPSA) is 76.8 Å². The largest absolute Gasteiger partial charge is 0.496 e. The van der Waals surface area contributed by atoms with Crippen molar-refractivity contribution in [2.24, 2.45) is 0 Å². The van der Waals surface area contributed by atoms with Crippen molar-refractivity contribution in [1.29, 1.82) is 0 Å². The third kappa shape index (κ3) is 3.02. The zero-order chi connectivity index (χ0) is 19.8. The van der Waals surface area contributed by atoms with Gasteiger partial charge in [-0.05, 0) is 25.1 Å². The van der Waals surface area contributed by atoms with Gasteiger partial charge in [-0.15, -0.1) is 0 Å². The Morgan fingerprint density at radius 2 is 1.79 bits per heavy atom. The van der Waals surface area contributed by atoms with Gasteiger partial charge in [0, 0.05) is 29.6 Å². The molecule has 7 nitrogen and oxygen atoms in total. The van der Waals surface area contributed by atoms with Crippen LogP contribution in [0.1, 0.15) is 22.9 Å². The number of aliphatic hydroxyl groups is 1. The first kappa shape index (κ1) is 18.5. The molecule has 2 heterocycles. The lowest BCUT2D eigenvalue weighted by molar-refractivity contribution is 0.0662. The fourth-order valence-corrected chi connectivity index (χ4v) is 3.94. The van der Waals surface area contributed by atoms with Crippen molar-refractivity contribution in [2.45, 2.75) is 26.2 Å². The third-order valence-electron chi connectivity index (χ3n) is 5.25. The van der Waals surface area contributed by atoms with Crippen LogP contribution in [-0.4, -0.2) is 40.6 Å². The van der Waals surface area contributed by atoms with E-state index in [4.69, 9.17) is 9.47 Å². The minimum atomic E-state index is -0.744. The van der Waals surface area contributed by atoms with Crippen LogP contribution in [0.2, 0.25) is 0 Å². The van der Waals surface area contributed by atoms with Crippen LogP contribution >= 0.6 is 0 Å². The van der Waals surface area contributed by atoms with Gasteiger partial charge in [-0.2, -0.15) is 5.10 Å². The number of fused-ring (bicyclic) bond motifs is 2. The van der Waals surface area contributed by atoms with E-state index in [2.05, 4.69) is 5.10 Å². The number of benzene rings is 2. The molecule has 0 saturated carbocycles. The van der Waals surface area contributed by atoms with Crippen molar-refractivity contribution >= 4 is 10.8 Å². The summed E-state index contributed by atoms with van der Waals surface area (Å²) in [5, 5.41) is 16.7. The van der Waals surface area contributed by atoms with E-state index in [1.165, 1.54) is 4.68 Å². The van der Waals surface area contributed by atoms with Gasteiger partial charge in [0.1, 0.15) is 11.5 Å². The lowest BCUT2D eigenvalue weighted by Gasteiger charge is -2.33. The molecule has 0 saturated heterocycles. The zero-order valence-corrected chi connectivity index (χ0v) is 16.2.